The standard InChI is InChI=1S/C17H15BrClNO4/c1-10-5-14(16(23-2)7-13(10)19)20-17(22)9-24-15-4-3-12(18)6-11(15)8-21/h3-8H,9H2,1-2H3,(H,20,22). The minimum Gasteiger partial charge on any atom is -0.495 e. The van der Waals surface area contributed by atoms with Crippen LogP contribution in [0, 0.1) is 6.92 Å². The summed E-state index contributed by atoms with van der Waals surface area (Å²) < 4.78 is 11.4. The highest BCUT2D eigenvalue weighted by Gasteiger charge is 2.12. The van der Waals surface area contributed by atoms with Gasteiger partial charge in [0.25, 0.3) is 5.91 Å². The first-order valence-electron chi connectivity index (χ1n) is 6.96. The molecule has 0 radical (unpaired) electrons. The molecule has 0 atom stereocenters. The van der Waals surface area contributed by atoms with Gasteiger partial charge in [-0.1, -0.05) is 27.5 Å². The van der Waals surface area contributed by atoms with Crippen molar-refractivity contribution in [2.24, 2.45) is 0 Å². The lowest BCUT2D eigenvalue weighted by Crippen LogP contribution is -2.21. The van der Waals surface area contributed by atoms with Gasteiger partial charge in [0.15, 0.2) is 12.9 Å². The number of hydrogen-bond acceptors (Lipinski definition) is 4. The minimum absolute atomic E-state index is 0.243. The summed E-state index contributed by atoms with van der Waals surface area (Å²) in [7, 11) is 1.49. The quantitative estimate of drug-likeness (QED) is 0.720. The molecule has 0 fully saturated rings. The van der Waals surface area contributed by atoms with Gasteiger partial charge < -0.3 is 14.8 Å². The van der Waals surface area contributed by atoms with Crippen LogP contribution in [0.5, 0.6) is 11.5 Å². The van der Waals surface area contributed by atoms with Crippen molar-refractivity contribution in [2.75, 3.05) is 19.0 Å². The number of aryl methyl sites for hydroxylation is 1. The van der Waals surface area contributed by atoms with E-state index in [1.807, 2.05) is 6.92 Å². The number of rotatable bonds is 6. The Hall–Kier alpha value is -2.05. The Labute approximate surface area is 153 Å². The van der Waals surface area contributed by atoms with Gasteiger partial charge in [-0.25, -0.2) is 0 Å². The molecule has 0 aliphatic carbocycles. The van der Waals surface area contributed by atoms with Gasteiger partial charge >= 0.3 is 0 Å². The minimum atomic E-state index is -0.380. The molecule has 0 aliphatic rings. The lowest BCUT2D eigenvalue weighted by molar-refractivity contribution is -0.118. The molecule has 0 saturated carbocycles. The number of aldehydes is 1. The maximum atomic E-state index is 12.1. The van der Waals surface area contributed by atoms with Gasteiger partial charge in [0.1, 0.15) is 11.5 Å². The summed E-state index contributed by atoms with van der Waals surface area (Å²) in [5.41, 5.74) is 1.67. The Morgan fingerprint density at radius 1 is 1.29 bits per heavy atom. The van der Waals surface area contributed by atoms with Crippen LogP contribution in [-0.2, 0) is 4.79 Å². The first-order valence-corrected chi connectivity index (χ1v) is 8.13. The van der Waals surface area contributed by atoms with Crippen molar-refractivity contribution in [1.82, 2.24) is 0 Å². The summed E-state index contributed by atoms with van der Waals surface area (Å²) in [5.74, 6) is 0.411. The van der Waals surface area contributed by atoms with Crippen molar-refractivity contribution in [3.05, 3.63) is 51.0 Å². The van der Waals surface area contributed by atoms with Crippen LogP contribution in [0.15, 0.2) is 34.8 Å². The fraction of sp³-hybridized carbons (Fsp3) is 0.176. The average molecular weight is 413 g/mol. The van der Waals surface area contributed by atoms with Crippen molar-refractivity contribution in [1.29, 1.82) is 0 Å². The molecule has 0 unspecified atom stereocenters. The SMILES string of the molecule is COc1cc(Cl)c(C)cc1NC(=O)COc1ccc(Br)cc1C=O. The van der Waals surface area contributed by atoms with Crippen LogP contribution < -0.4 is 14.8 Å². The predicted molar refractivity (Wildman–Crippen MR) is 96.4 cm³/mol. The Morgan fingerprint density at radius 3 is 2.71 bits per heavy atom. The first-order chi connectivity index (χ1) is 11.4. The molecule has 126 valence electrons. The van der Waals surface area contributed by atoms with E-state index < -0.39 is 0 Å². The molecule has 2 aromatic rings. The lowest BCUT2D eigenvalue weighted by Gasteiger charge is -2.13. The van der Waals surface area contributed by atoms with Crippen molar-refractivity contribution in [3.63, 3.8) is 0 Å². The third-order valence-corrected chi connectivity index (χ3v) is 4.11. The zero-order chi connectivity index (χ0) is 17.7. The topological polar surface area (TPSA) is 64.6 Å². The molecule has 1 N–H and O–H groups in total. The Balaban J connectivity index is 2.07. The maximum Gasteiger partial charge on any atom is 0.262 e. The normalized spacial score (nSPS) is 10.2. The predicted octanol–water partition coefficient (Wildman–Crippen LogP) is 4.25. The van der Waals surface area contributed by atoms with Crippen LogP contribution in [0.4, 0.5) is 5.69 Å². The summed E-state index contributed by atoms with van der Waals surface area (Å²) in [4.78, 5) is 23.1. The summed E-state index contributed by atoms with van der Waals surface area (Å²) in [5, 5.41) is 3.25. The molecule has 0 saturated heterocycles. The summed E-state index contributed by atoms with van der Waals surface area (Å²) >= 11 is 9.31. The van der Waals surface area contributed by atoms with E-state index in [0.29, 0.717) is 34.1 Å². The van der Waals surface area contributed by atoms with Gasteiger partial charge in [0.2, 0.25) is 0 Å². The maximum absolute atomic E-state index is 12.1. The number of methoxy groups -OCH3 is 1. The van der Waals surface area contributed by atoms with Crippen LogP contribution in [0.1, 0.15) is 15.9 Å². The van der Waals surface area contributed by atoms with E-state index in [1.165, 1.54) is 7.11 Å². The lowest BCUT2D eigenvalue weighted by atomic mass is 10.2. The highest BCUT2D eigenvalue weighted by atomic mass is 79.9. The Kier molecular flexibility index (Phi) is 6.23. The van der Waals surface area contributed by atoms with E-state index in [-0.39, 0.29) is 12.5 Å². The second-order valence-electron chi connectivity index (χ2n) is 4.94. The second kappa shape index (κ2) is 8.17. The van der Waals surface area contributed by atoms with E-state index in [4.69, 9.17) is 21.1 Å². The number of halogens is 2. The van der Waals surface area contributed by atoms with Gasteiger partial charge in [-0.2, -0.15) is 0 Å². The van der Waals surface area contributed by atoms with Crippen LogP contribution in [0.2, 0.25) is 5.02 Å². The van der Waals surface area contributed by atoms with Crippen LogP contribution >= 0.6 is 27.5 Å². The van der Waals surface area contributed by atoms with Crippen LogP contribution in [0.3, 0.4) is 0 Å². The number of carbonyl (C=O) groups is 2. The molecular weight excluding hydrogens is 398 g/mol. The van der Waals surface area contributed by atoms with Crippen molar-refractivity contribution < 1.29 is 19.1 Å². The third-order valence-electron chi connectivity index (χ3n) is 3.21. The van der Waals surface area contributed by atoms with E-state index in [1.54, 1.807) is 30.3 Å². The van der Waals surface area contributed by atoms with Gasteiger partial charge in [-0.15, -0.1) is 0 Å². The number of nitrogens with one attached hydrogen (secondary N) is 1. The number of benzene rings is 2. The van der Waals surface area contributed by atoms with E-state index >= 15 is 0 Å². The zero-order valence-corrected chi connectivity index (χ0v) is 15.4. The number of amides is 1. The van der Waals surface area contributed by atoms with E-state index in [9.17, 15) is 9.59 Å². The second-order valence-corrected chi connectivity index (χ2v) is 6.26. The molecule has 0 aromatic heterocycles. The van der Waals surface area contributed by atoms with Crippen molar-refractivity contribution in [2.45, 2.75) is 6.92 Å². The monoisotopic (exact) mass is 411 g/mol. The summed E-state index contributed by atoms with van der Waals surface area (Å²) in [6.45, 7) is 1.58. The molecule has 2 rings (SSSR count). The molecule has 0 bridgehead atoms. The molecular formula is C17H15BrClNO4. The zero-order valence-electron chi connectivity index (χ0n) is 13.1. The van der Waals surface area contributed by atoms with Gasteiger partial charge in [0.05, 0.1) is 18.4 Å². The first kappa shape index (κ1) is 18.3. The fourth-order valence-corrected chi connectivity index (χ4v) is 2.53. The number of anilines is 1. The molecule has 0 aliphatic heterocycles. The molecule has 7 heteroatoms. The van der Waals surface area contributed by atoms with Gasteiger partial charge in [-0.3, -0.25) is 9.59 Å². The van der Waals surface area contributed by atoms with E-state index in [0.717, 1.165) is 10.0 Å². The molecule has 0 heterocycles. The van der Waals surface area contributed by atoms with Crippen LogP contribution in [-0.4, -0.2) is 25.9 Å². The molecule has 5 nitrogen and oxygen atoms in total. The summed E-state index contributed by atoms with van der Waals surface area (Å²) in [6, 6.07) is 8.31. The third kappa shape index (κ3) is 4.49. The highest BCUT2D eigenvalue weighted by molar-refractivity contribution is 9.10. The average Bonchev–Trinajstić information content (AvgIpc) is 2.56. The molecule has 24 heavy (non-hydrogen) atoms. The highest BCUT2D eigenvalue weighted by Crippen LogP contribution is 2.31. The van der Waals surface area contributed by atoms with Crippen molar-refractivity contribution in [3.8, 4) is 11.5 Å². The van der Waals surface area contributed by atoms with Gasteiger partial charge in [-0.05, 0) is 36.8 Å². The summed E-state index contributed by atoms with van der Waals surface area (Å²) in [6.07, 6.45) is 0.670. The van der Waals surface area contributed by atoms with Crippen LogP contribution in [0.25, 0.3) is 0 Å². The fourth-order valence-electron chi connectivity index (χ4n) is 2.00. The number of carbonyl (C=O) groups excluding carboxylic acids is 2. The number of ether oxygens (including phenoxy) is 2. The smallest absolute Gasteiger partial charge is 0.262 e. The van der Waals surface area contributed by atoms with E-state index in [2.05, 4.69) is 21.2 Å². The Bertz CT molecular complexity index is 779. The van der Waals surface area contributed by atoms with Gasteiger partial charge in [0, 0.05) is 15.6 Å². The largest absolute Gasteiger partial charge is 0.495 e. The molecule has 2 aromatic carbocycles. The molecule has 1 amide bonds. The molecule has 0 spiro atoms. The van der Waals surface area contributed by atoms with Crippen molar-refractivity contribution >= 4 is 45.4 Å². The number of hydrogen-bond donors (Lipinski definition) is 1. The Morgan fingerprint density at radius 2 is 2.04 bits per heavy atom.